The van der Waals surface area contributed by atoms with E-state index in [0.29, 0.717) is 19.1 Å². The zero-order valence-electron chi connectivity index (χ0n) is 14.9. The van der Waals surface area contributed by atoms with Crippen molar-refractivity contribution in [2.45, 2.75) is 64.8 Å². The summed E-state index contributed by atoms with van der Waals surface area (Å²) in [5.41, 5.74) is 0. The van der Waals surface area contributed by atoms with E-state index < -0.39 is 10.0 Å². The van der Waals surface area contributed by atoms with Gasteiger partial charge in [0.15, 0.2) is 5.96 Å². The summed E-state index contributed by atoms with van der Waals surface area (Å²) in [6.07, 6.45) is 9.39. The predicted octanol–water partition coefficient (Wildman–Crippen LogP) is 1.84. The van der Waals surface area contributed by atoms with Gasteiger partial charge in [0.1, 0.15) is 0 Å². The quantitative estimate of drug-likeness (QED) is 0.338. The molecular weight excluding hydrogens is 312 g/mol. The number of guanidine groups is 1. The van der Waals surface area contributed by atoms with E-state index in [0.717, 1.165) is 18.3 Å². The topological polar surface area (TPSA) is 82.6 Å². The van der Waals surface area contributed by atoms with E-state index in [2.05, 4.69) is 27.3 Å². The number of rotatable bonds is 9. The lowest BCUT2D eigenvalue weighted by molar-refractivity contribution is 0.322. The van der Waals surface area contributed by atoms with Gasteiger partial charge in [-0.3, -0.25) is 4.99 Å². The summed E-state index contributed by atoms with van der Waals surface area (Å²) in [7, 11) is -1.38. The Labute approximate surface area is 142 Å². The van der Waals surface area contributed by atoms with Crippen LogP contribution in [0.2, 0.25) is 0 Å². The highest BCUT2D eigenvalue weighted by Gasteiger charge is 2.15. The fraction of sp³-hybridized carbons (Fsp3) is 0.938. The molecule has 0 bridgehead atoms. The van der Waals surface area contributed by atoms with Gasteiger partial charge in [-0.05, 0) is 32.6 Å². The molecule has 136 valence electrons. The molecule has 1 atom stereocenters. The minimum absolute atomic E-state index is 0.109. The summed E-state index contributed by atoms with van der Waals surface area (Å²) in [4.78, 5) is 4.19. The fourth-order valence-electron chi connectivity index (χ4n) is 2.95. The Morgan fingerprint density at radius 3 is 2.52 bits per heavy atom. The van der Waals surface area contributed by atoms with E-state index in [1.807, 2.05) is 0 Å². The molecular formula is C16H34N4O2S. The normalized spacial score (nSPS) is 18.7. The van der Waals surface area contributed by atoms with Crippen molar-refractivity contribution >= 4 is 16.0 Å². The highest BCUT2D eigenvalue weighted by Crippen LogP contribution is 2.27. The van der Waals surface area contributed by atoms with Crippen molar-refractivity contribution in [2.75, 3.05) is 25.9 Å². The average molecular weight is 347 g/mol. The summed E-state index contributed by atoms with van der Waals surface area (Å²) >= 11 is 0. The van der Waals surface area contributed by atoms with Crippen LogP contribution >= 0.6 is 0 Å². The van der Waals surface area contributed by atoms with Crippen LogP contribution in [-0.2, 0) is 10.0 Å². The third kappa shape index (κ3) is 9.15. The summed E-state index contributed by atoms with van der Waals surface area (Å²) in [6, 6.07) is 0.371. The Morgan fingerprint density at radius 2 is 1.91 bits per heavy atom. The lowest BCUT2D eigenvalue weighted by atomic mass is 9.85. The van der Waals surface area contributed by atoms with E-state index in [1.54, 1.807) is 14.0 Å². The Kier molecular flexibility index (Phi) is 9.55. The molecule has 7 heteroatoms. The molecule has 0 heterocycles. The van der Waals surface area contributed by atoms with Gasteiger partial charge in [0.2, 0.25) is 10.0 Å². The lowest BCUT2D eigenvalue weighted by Gasteiger charge is -2.24. The lowest BCUT2D eigenvalue weighted by Crippen LogP contribution is -2.45. The molecule has 3 N–H and O–H groups in total. The maximum Gasteiger partial charge on any atom is 0.211 e. The number of nitrogens with zero attached hydrogens (tertiary/aromatic N) is 1. The molecule has 6 nitrogen and oxygen atoms in total. The van der Waals surface area contributed by atoms with Crippen LogP contribution in [0, 0.1) is 5.92 Å². The number of hydrogen-bond donors (Lipinski definition) is 3. The predicted molar refractivity (Wildman–Crippen MR) is 97.2 cm³/mol. The molecule has 1 aliphatic rings. The second-order valence-electron chi connectivity index (χ2n) is 6.42. The van der Waals surface area contributed by atoms with Crippen molar-refractivity contribution in [3.05, 3.63) is 0 Å². The maximum absolute atomic E-state index is 11.3. The number of nitrogens with one attached hydrogen (secondary N) is 3. The van der Waals surface area contributed by atoms with Gasteiger partial charge in [0.05, 0.1) is 5.75 Å². The minimum atomic E-state index is -3.12. The summed E-state index contributed by atoms with van der Waals surface area (Å²) < 4.78 is 25.2. The molecule has 1 rings (SSSR count). The molecule has 0 radical (unpaired) electrons. The third-order valence-electron chi connectivity index (χ3n) is 4.46. The van der Waals surface area contributed by atoms with Crippen LogP contribution in [0.1, 0.15) is 58.8 Å². The molecule has 1 saturated carbocycles. The first kappa shape index (κ1) is 20.2. The van der Waals surface area contributed by atoms with Crippen LogP contribution in [0.4, 0.5) is 0 Å². The largest absolute Gasteiger partial charge is 0.355 e. The van der Waals surface area contributed by atoms with Crippen molar-refractivity contribution in [3.63, 3.8) is 0 Å². The Bertz CT molecular complexity index is 445. The molecule has 23 heavy (non-hydrogen) atoms. The second kappa shape index (κ2) is 10.9. The number of aliphatic imine (C=N–C) groups is 1. The Balaban J connectivity index is 2.19. The van der Waals surface area contributed by atoms with Gasteiger partial charge in [0, 0.05) is 26.2 Å². The van der Waals surface area contributed by atoms with E-state index in [4.69, 9.17) is 0 Å². The summed E-state index contributed by atoms with van der Waals surface area (Å²) in [5.74, 6) is 1.74. The molecule has 0 aromatic heterocycles. The number of hydrogen-bond acceptors (Lipinski definition) is 3. The average Bonchev–Trinajstić information content (AvgIpc) is 2.56. The van der Waals surface area contributed by atoms with Gasteiger partial charge in [-0.15, -0.1) is 0 Å². The molecule has 0 aromatic rings. The third-order valence-corrected chi connectivity index (χ3v) is 5.86. The van der Waals surface area contributed by atoms with Crippen molar-refractivity contribution in [3.8, 4) is 0 Å². The van der Waals surface area contributed by atoms with Crippen LogP contribution in [0.25, 0.3) is 0 Å². The molecule has 0 amide bonds. The van der Waals surface area contributed by atoms with Crippen LogP contribution in [0.15, 0.2) is 4.99 Å². The van der Waals surface area contributed by atoms with Crippen LogP contribution in [0.3, 0.4) is 0 Å². The van der Waals surface area contributed by atoms with E-state index in [9.17, 15) is 8.42 Å². The second-order valence-corrected chi connectivity index (χ2v) is 8.52. The first-order valence-corrected chi connectivity index (χ1v) is 10.6. The first-order chi connectivity index (χ1) is 11.0. The summed E-state index contributed by atoms with van der Waals surface area (Å²) in [6.45, 7) is 4.70. The molecule has 1 unspecified atom stereocenters. The maximum atomic E-state index is 11.3. The van der Waals surface area contributed by atoms with Crippen molar-refractivity contribution in [1.82, 2.24) is 15.4 Å². The van der Waals surface area contributed by atoms with Crippen LogP contribution in [0.5, 0.6) is 0 Å². The molecule has 1 fully saturated rings. The fourth-order valence-corrected chi connectivity index (χ4v) is 3.57. The van der Waals surface area contributed by atoms with Crippen LogP contribution < -0.4 is 15.4 Å². The highest BCUT2D eigenvalue weighted by atomic mass is 32.2. The van der Waals surface area contributed by atoms with Gasteiger partial charge in [-0.25, -0.2) is 13.1 Å². The van der Waals surface area contributed by atoms with E-state index in [1.165, 1.54) is 38.5 Å². The smallest absolute Gasteiger partial charge is 0.211 e. The monoisotopic (exact) mass is 346 g/mol. The Hall–Kier alpha value is -0.820. The van der Waals surface area contributed by atoms with Crippen molar-refractivity contribution in [2.24, 2.45) is 10.9 Å². The van der Waals surface area contributed by atoms with E-state index in [-0.39, 0.29) is 5.75 Å². The molecule has 0 saturated heterocycles. The van der Waals surface area contributed by atoms with Gasteiger partial charge in [0.25, 0.3) is 0 Å². The molecule has 0 aliphatic heterocycles. The van der Waals surface area contributed by atoms with Crippen molar-refractivity contribution in [1.29, 1.82) is 0 Å². The zero-order chi connectivity index (χ0) is 17.1. The van der Waals surface area contributed by atoms with Gasteiger partial charge >= 0.3 is 0 Å². The minimum Gasteiger partial charge on any atom is -0.355 e. The van der Waals surface area contributed by atoms with Crippen molar-refractivity contribution < 1.29 is 8.42 Å². The first-order valence-electron chi connectivity index (χ1n) is 8.91. The van der Waals surface area contributed by atoms with Crippen LogP contribution in [-0.4, -0.2) is 46.3 Å². The molecule has 1 aliphatic carbocycles. The van der Waals surface area contributed by atoms with Gasteiger partial charge in [-0.1, -0.05) is 32.1 Å². The summed E-state index contributed by atoms with van der Waals surface area (Å²) in [5, 5.41) is 6.53. The molecule has 0 spiro atoms. The highest BCUT2D eigenvalue weighted by molar-refractivity contribution is 7.89. The van der Waals surface area contributed by atoms with E-state index >= 15 is 0 Å². The SMILES string of the molecule is CCS(=O)(=O)NCCNC(=NC)NC(C)CCC1CCCCC1. The standard InChI is InChI=1S/C16H34N4O2S/c1-4-23(21,22)19-13-12-18-16(17-3)20-14(2)10-11-15-8-6-5-7-9-15/h14-15,19H,4-13H2,1-3H3,(H2,17,18,20). The van der Waals surface area contributed by atoms with Gasteiger partial charge < -0.3 is 10.6 Å². The Morgan fingerprint density at radius 1 is 1.22 bits per heavy atom. The molecule has 0 aromatic carbocycles. The van der Waals surface area contributed by atoms with Gasteiger partial charge in [-0.2, -0.15) is 0 Å². The zero-order valence-corrected chi connectivity index (χ0v) is 15.7. The number of sulfonamides is 1.